The molecule has 2 aromatic heterocycles. The standard InChI is InChI=1S/C24H23Cl2N7O2/c25-18-3-1-4-19(26)22(18)24(35)31-17-7-9-28-21(13-17)32-20-6-5-16(14-30-20)23(34)29-8-2-11-33-12-10-27-15-33/h1,3-7,9,13-15H,2,8,10-12H2,(H,29,34)(H2,28,30,31,32,35). The van der Waals surface area contributed by atoms with Crippen LogP contribution in [0.25, 0.3) is 0 Å². The molecule has 3 heterocycles. The fourth-order valence-electron chi connectivity index (χ4n) is 3.39. The van der Waals surface area contributed by atoms with E-state index in [1.54, 1.807) is 48.7 Å². The minimum Gasteiger partial charge on any atom is -0.361 e. The molecule has 35 heavy (non-hydrogen) atoms. The monoisotopic (exact) mass is 511 g/mol. The Hall–Kier alpha value is -3.69. The maximum absolute atomic E-state index is 12.6. The number of aliphatic imine (C=N–C) groups is 1. The maximum atomic E-state index is 12.6. The molecule has 1 aliphatic heterocycles. The Morgan fingerprint density at radius 2 is 1.83 bits per heavy atom. The predicted molar refractivity (Wildman–Crippen MR) is 138 cm³/mol. The summed E-state index contributed by atoms with van der Waals surface area (Å²) in [5.41, 5.74) is 1.16. The van der Waals surface area contributed by atoms with Crippen LogP contribution in [-0.4, -0.2) is 59.2 Å². The number of benzene rings is 1. The topological polar surface area (TPSA) is 112 Å². The van der Waals surface area contributed by atoms with Crippen LogP contribution in [0, 0.1) is 0 Å². The summed E-state index contributed by atoms with van der Waals surface area (Å²) in [6.07, 6.45) is 5.73. The molecule has 0 saturated heterocycles. The maximum Gasteiger partial charge on any atom is 0.258 e. The highest BCUT2D eigenvalue weighted by atomic mass is 35.5. The van der Waals surface area contributed by atoms with E-state index in [9.17, 15) is 9.59 Å². The summed E-state index contributed by atoms with van der Waals surface area (Å²) >= 11 is 12.2. The molecule has 180 valence electrons. The second-order valence-electron chi connectivity index (χ2n) is 7.70. The van der Waals surface area contributed by atoms with Gasteiger partial charge in [-0.15, -0.1) is 0 Å². The first kappa shape index (κ1) is 24.4. The smallest absolute Gasteiger partial charge is 0.258 e. The number of halogens is 2. The summed E-state index contributed by atoms with van der Waals surface area (Å²) in [6.45, 7) is 3.21. The Labute approximate surface area is 212 Å². The molecular formula is C24H23Cl2N7O2. The van der Waals surface area contributed by atoms with Crippen LogP contribution >= 0.6 is 23.2 Å². The zero-order valence-electron chi connectivity index (χ0n) is 18.7. The number of hydrogen-bond acceptors (Lipinski definition) is 7. The molecule has 0 aliphatic carbocycles. The third-order valence-electron chi connectivity index (χ3n) is 5.16. The number of pyridine rings is 2. The molecule has 3 aromatic rings. The highest BCUT2D eigenvalue weighted by molar-refractivity contribution is 6.40. The Balaban J connectivity index is 1.30. The van der Waals surface area contributed by atoms with E-state index in [1.165, 1.54) is 6.20 Å². The van der Waals surface area contributed by atoms with Crippen molar-refractivity contribution in [3.63, 3.8) is 0 Å². The Morgan fingerprint density at radius 1 is 1.00 bits per heavy atom. The molecule has 0 atom stereocenters. The molecular weight excluding hydrogens is 489 g/mol. The van der Waals surface area contributed by atoms with Crippen molar-refractivity contribution in [1.82, 2.24) is 20.2 Å². The minimum atomic E-state index is -0.431. The van der Waals surface area contributed by atoms with Gasteiger partial charge in [0.05, 0.1) is 34.1 Å². The van der Waals surface area contributed by atoms with E-state index < -0.39 is 5.91 Å². The van der Waals surface area contributed by atoms with Crippen LogP contribution in [0.3, 0.4) is 0 Å². The molecule has 1 aromatic carbocycles. The fraction of sp³-hybridized carbons (Fsp3) is 0.208. The van der Waals surface area contributed by atoms with Crippen molar-refractivity contribution in [3.8, 4) is 0 Å². The molecule has 0 fully saturated rings. The van der Waals surface area contributed by atoms with Gasteiger partial charge in [0.1, 0.15) is 11.6 Å². The van der Waals surface area contributed by atoms with Gasteiger partial charge in [0.15, 0.2) is 0 Å². The van der Waals surface area contributed by atoms with E-state index in [-0.39, 0.29) is 21.5 Å². The molecule has 1 aliphatic rings. The second-order valence-corrected chi connectivity index (χ2v) is 8.52. The molecule has 11 heteroatoms. The number of hydrogen-bond donors (Lipinski definition) is 3. The van der Waals surface area contributed by atoms with Crippen LogP contribution in [0.15, 0.2) is 59.9 Å². The van der Waals surface area contributed by atoms with E-state index in [2.05, 4.69) is 35.8 Å². The van der Waals surface area contributed by atoms with Crippen molar-refractivity contribution >= 4 is 58.7 Å². The summed E-state index contributed by atoms with van der Waals surface area (Å²) < 4.78 is 0. The summed E-state index contributed by atoms with van der Waals surface area (Å²) in [7, 11) is 0. The van der Waals surface area contributed by atoms with Gasteiger partial charge in [-0.05, 0) is 36.8 Å². The summed E-state index contributed by atoms with van der Waals surface area (Å²) in [6, 6.07) is 11.5. The van der Waals surface area contributed by atoms with E-state index in [0.717, 1.165) is 26.1 Å². The fourth-order valence-corrected chi connectivity index (χ4v) is 3.96. The van der Waals surface area contributed by atoms with Crippen LogP contribution in [-0.2, 0) is 0 Å². The van der Waals surface area contributed by atoms with E-state index >= 15 is 0 Å². The first-order valence-electron chi connectivity index (χ1n) is 11.0. The zero-order valence-corrected chi connectivity index (χ0v) is 20.2. The number of nitrogens with one attached hydrogen (secondary N) is 3. The number of carbonyl (C=O) groups is 2. The number of amides is 2. The molecule has 0 radical (unpaired) electrons. The lowest BCUT2D eigenvalue weighted by molar-refractivity contribution is 0.0951. The molecule has 3 N–H and O–H groups in total. The SMILES string of the molecule is O=C(NCCCN1C=NCC1)c1ccc(Nc2cc(NC(=O)c3c(Cl)cccc3Cl)ccn2)nc1. The second kappa shape index (κ2) is 11.6. The summed E-state index contributed by atoms with van der Waals surface area (Å²) in [5, 5.41) is 9.23. The van der Waals surface area contributed by atoms with Crippen LogP contribution < -0.4 is 16.0 Å². The lowest BCUT2D eigenvalue weighted by Crippen LogP contribution is -2.28. The number of anilines is 3. The van der Waals surface area contributed by atoms with Crippen LogP contribution in [0.5, 0.6) is 0 Å². The normalized spacial score (nSPS) is 12.5. The van der Waals surface area contributed by atoms with Gasteiger partial charge in [0.2, 0.25) is 0 Å². The van der Waals surface area contributed by atoms with Crippen molar-refractivity contribution < 1.29 is 9.59 Å². The van der Waals surface area contributed by atoms with Crippen LogP contribution in [0.4, 0.5) is 17.3 Å². The zero-order chi connectivity index (χ0) is 24.6. The van der Waals surface area contributed by atoms with E-state index in [4.69, 9.17) is 23.2 Å². The van der Waals surface area contributed by atoms with Crippen molar-refractivity contribution in [2.45, 2.75) is 6.42 Å². The third-order valence-corrected chi connectivity index (χ3v) is 5.79. The van der Waals surface area contributed by atoms with Gasteiger partial charge < -0.3 is 20.9 Å². The molecule has 2 amide bonds. The van der Waals surface area contributed by atoms with E-state index in [1.807, 2.05) is 6.34 Å². The van der Waals surface area contributed by atoms with Gasteiger partial charge >= 0.3 is 0 Å². The van der Waals surface area contributed by atoms with E-state index in [0.29, 0.717) is 29.4 Å². The third kappa shape index (κ3) is 6.68. The Bertz CT molecular complexity index is 1210. The predicted octanol–water partition coefficient (Wildman–Crippen LogP) is 4.24. The van der Waals surface area contributed by atoms with Gasteiger partial charge in [-0.1, -0.05) is 29.3 Å². The Kier molecular flexibility index (Phi) is 8.12. The van der Waals surface area contributed by atoms with Crippen molar-refractivity contribution in [2.24, 2.45) is 4.99 Å². The van der Waals surface area contributed by atoms with Crippen LogP contribution in [0.1, 0.15) is 27.1 Å². The Morgan fingerprint density at radius 3 is 2.54 bits per heavy atom. The summed E-state index contributed by atoms with van der Waals surface area (Å²) in [5.74, 6) is 0.350. The average Bonchev–Trinajstić information content (AvgIpc) is 3.36. The number of aromatic nitrogens is 2. The van der Waals surface area contributed by atoms with Crippen LogP contribution in [0.2, 0.25) is 10.0 Å². The molecule has 0 bridgehead atoms. The lowest BCUT2D eigenvalue weighted by atomic mass is 10.2. The van der Waals surface area contributed by atoms with Gasteiger partial charge in [0.25, 0.3) is 11.8 Å². The largest absolute Gasteiger partial charge is 0.361 e. The first-order valence-corrected chi connectivity index (χ1v) is 11.7. The van der Waals surface area contributed by atoms with Gasteiger partial charge in [-0.3, -0.25) is 14.6 Å². The first-order chi connectivity index (χ1) is 17.0. The van der Waals surface area contributed by atoms with Gasteiger partial charge in [0, 0.05) is 43.8 Å². The average molecular weight is 512 g/mol. The quantitative estimate of drug-likeness (QED) is 0.370. The highest BCUT2D eigenvalue weighted by Gasteiger charge is 2.15. The molecule has 0 spiro atoms. The van der Waals surface area contributed by atoms with Crippen molar-refractivity contribution in [2.75, 3.05) is 36.8 Å². The summed E-state index contributed by atoms with van der Waals surface area (Å²) in [4.78, 5) is 39.8. The minimum absolute atomic E-state index is 0.180. The molecule has 0 unspecified atom stereocenters. The number of nitrogens with zero attached hydrogens (tertiary/aromatic N) is 4. The number of rotatable bonds is 9. The lowest BCUT2D eigenvalue weighted by Gasteiger charge is -2.13. The number of carbonyl (C=O) groups excluding carboxylic acids is 2. The van der Waals surface area contributed by atoms with Crippen molar-refractivity contribution in [3.05, 3.63) is 76.0 Å². The van der Waals surface area contributed by atoms with Gasteiger partial charge in [-0.2, -0.15) is 0 Å². The van der Waals surface area contributed by atoms with Gasteiger partial charge in [-0.25, -0.2) is 9.97 Å². The highest BCUT2D eigenvalue weighted by Crippen LogP contribution is 2.26. The molecule has 4 rings (SSSR count). The molecule has 9 nitrogen and oxygen atoms in total. The molecule has 0 saturated carbocycles. The van der Waals surface area contributed by atoms with Crippen molar-refractivity contribution in [1.29, 1.82) is 0 Å².